The van der Waals surface area contributed by atoms with Crippen LogP contribution in [0.5, 0.6) is 0 Å². The molecule has 0 bridgehead atoms. The van der Waals surface area contributed by atoms with Crippen LogP contribution in [0.2, 0.25) is 10.0 Å². The van der Waals surface area contributed by atoms with E-state index in [2.05, 4.69) is 20.3 Å². The first kappa shape index (κ1) is 15.0. The average molecular weight is 311 g/mol. The lowest BCUT2D eigenvalue weighted by molar-refractivity contribution is 0.920. The van der Waals surface area contributed by atoms with Gasteiger partial charge in [0.1, 0.15) is 16.7 Å². The Labute approximate surface area is 128 Å². The van der Waals surface area contributed by atoms with Gasteiger partial charge in [-0.1, -0.05) is 30.1 Å². The number of halogens is 2. The van der Waals surface area contributed by atoms with Crippen LogP contribution >= 0.6 is 23.2 Å². The lowest BCUT2D eigenvalue weighted by Gasteiger charge is -2.11. The Kier molecular flexibility index (Phi) is 5.15. The second-order valence-electron chi connectivity index (χ2n) is 4.34. The molecule has 2 aromatic heterocycles. The molecular formula is C14H16Cl2N4. The number of hydrogen-bond acceptors (Lipinski definition) is 4. The molecular weight excluding hydrogens is 295 g/mol. The number of rotatable bonds is 5. The zero-order valence-corrected chi connectivity index (χ0v) is 13.0. The van der Waals surface area contributed by atoms with Gasteiger partial charge in [-0.25, -0.2) is 9.97 Å². The SMILES string of the molecule is CCc1nc(C)nc(NCCc2ncccc2Cl)c1Cl. The van der Waals surface area contributed by atoms with Crippen LogP contribution in [0.1, 0.15) is 24.1 Å². The van der Waals surface area contributed by atoms with Gasteiger partial charge in [-0.15, -0.1) is 0 Å². The highest BCUT2D eigenvalue weighted by Gasteiger charge is 2.09. The van der Waals surface area contributed by atoms with E-state index >= 15 is 0 Å². The van der Waals surface area contributed by atoms with E-state index in [4.69, 9.17) is 23.2 Å². The fourth-order valence-electron chi connectivity index (χ4n) is 1.87. The van der Waals surface area contributed by atoms with Crippen molar-refractivity contribution < 1.29 is 0 Å². The molecule has 106 valence electrons. The van der Waals surface area contributed by atoms with Crippen molar-refractivity contribution in [3.05, 3.63) is 45.6 Å². The summed E-state index contributed by atoms with van der Waals surface area (Å²) in [5, 5.41) is 4.49. The van der Waals surface area contributed by atoms with Gasteiger partial charge in [0.2, 0.25) is 0 Å². The van der Waals surface area contributed by atoms with Crippen molar-refractivity contribution in [3.8, 4) is 0 Å². The highest BCUT2D eigenvalue weighted by atomic mass is 35.5. The summed E-state index contributed by atoms with van der Waals surface area (Å²) in [5.41, 5.74) is 1.72. The van der Waals surface area contributed by atoms with E-state index < -0.39 is 0 Å². The number of nitrogens with one attached hydrogen (secondary N) is 1. The molecule has 0 aliphatic carbocycles. The summed E-state index contributed by atoms with van der Waals surface area (Å²) in [4.78, 5) is 12.9. The summed E-state index contributed by atoms with van der Waals surface area (Å²) in [6, 6.07) is 3.65. The number of nitrogens with zero attached hydrogens (tertiary/aromatic N) is 3. The van der Waals surface area contributed by atoms with E-state index in [-0.39, 0.29) is 0 Å². The summed E-state index contributed by atoms with van der Waals surface area (Å²) in [5.74, 6) is 1.38. The minimum atomic E-state index is 0.588. The lowest BCUT2D eigenvalue weighted by Crippen LogP contribution is -2.10. The predicted octanol–water partition coefficient (Wildman–Crippen LogP) is 3.70. The van der Waals surface area contributed by atoms with E-state index in [1.54, 1.807) is 6.20 Å². The van der Waals surface area contributed by atoms with Crippen LogP contribution in [0.15, 0.2) is 18.3 Å². The van der Waals surface area contributed by atoms with Crippen LogP contribution < -0.4 is 5.32 Å². The number of hydrogen-bond donors (Lipinski definition) is 1. The first-order chi connectivity index (χ1) is 9.61. The first-order valence-electron chi connectivity index (χ1n) is 6.48. The van der Waals surface area contributed by atoms with E-state index in [1.807, 2.05) is 26.0 Å². The standard InChI is InChI=1S/C14H16Cl2N4/c1-3-11-13(16)14(20-9(2)19-11)18-8-6-12-10(15)5-4-7-17-12/h4-5,7H,3,6,8H2,1-2H3,(H,18,19,20). The normalized spacial score (nSPS) is 10.6. The fourth-order valence-corrected chi connectivity index (χ4v) is 2.37. The Morgan fingerprint density at radius 1 is 1.20 bits per heavy atom. The van der Waals surface area contributed by atoms with Gasteiger partial charge in [0, 0.05) is 19.2 Å². The van der Waals surface area contributed by atoms with Crippen molar-refractivity contribution >= 4 is 29.0 Å². The quantitative estimate of drug-likeness (QED) is 0.914. The Morgan fingerprint density at radius 2 is 2.00 bits per heavy atom. The maximum Gasteiger partial charge on any atom is 0.148 e. The third-order valence-corrected chi connectivity index (χ3v) is 3.60. The molecule has 2 rings (SSSR count). The van der Waals surface area contributed by atoms with Gasteiger partial charge in [0.25, 0.3) is 0 Å². The molecule has 0 aliphatic rings. The van der Waals surface area contributed by atoms with E-state index in [0.29, 0.717) is 34.7 Å². The monoisotopic (exact) mass is 310 g/mol. The van der Waals surface area contributed by atoms with Crippen LogP contribution in [0.3, 0.4) is 0 Å². The summed E-state index contributed by atoms with van der Waals surface area (Å²) in [6.45, 7) is 4.54. The van der Waals surface area contributed by atoms with Crippen LogP contribution in [-0.2, 0) is 12.8 Å². The molecule has 0 aliphatic heterocycles. The molecule has 0 unspecified atom stereocenters. The van der Waals surface area contributed by atoms with Gasteiger partial charge in [0.05, 0.1) is 16.4 Å². The second-order valence-corrected chi connectivity index (χ2v) is 5.13. The Morgan fingerprint density at radius 3 is 2.70 bits per heavy atom. The van der Waals surface area contributed by atoms with Crippen molar-refractivity contribution in [1.82, 2.24) is 15.0 Å². The van der Waals surface area contributed by atoms with Crippen molar-refractivity contribution in [3.63, 3.8) is 0 Å². The molecule has 2 heterocycles. The molecule has 0 spiro atoms. The van der Waals surface area contributed by atoms with Crippen LogP contribution in [0.25, 0.3) is 0 Å². The zero-order valence-electron chi connectivity index (χ0n) is 11.5. The Bertz CT molecular complexity index is 602. The van der Waals surface area contributed by atoms with Crippen molar-refractivity contribution in [1.29, 1.82) is 0 Å². The Balaban J connectivity index is 2.05. The predicted molar refractivity (Wildman–Crippen MR) is 82.6 cm³/mol. The second kappa shape index (κ2) is 6.86. The molecule has 0 atom stereocenters. The minimum absolute atomic E-state index is 0.588. The highest BCUT2D eigenvalue weighted by Crippen LogP contribution is 2.23. The van der Waals surface area contributed by atoms with Crippen molar-refractivity contribution in [2.24, 2.45) is 0 Å². The minimum Gasteiger partial charge on any atom is -0.368 e. The Hall–Kier alpha value is -1.39. The third-order valence-electron chi connectivity index (χ3n) is 2.86. The molecule has 2 aromatic rings. The van der Waals surface area contributed by atoms with E-state index in [9.17, 15) is 0 Å². The van der Waals surface area contributed by atoms with Crippen LogP contribution in [0.4, 0.5) is 5.82 Å². The topological polar surface area (TPSA) is 50.7 Å². The van der Waals surface area contributed by atoms with Crippen molar-refractivity contribution in [2.45, 2.75) is 26.7 Å². The zero-order chi connectivity index (χ0) is 14.5. The average Bonchev–Trinajstić information content (AvgIpc) is 2.44. The molecule has 0 saturated heterocycles. The molecule has 0 saturated carbocycles. The maximum atomic E-state index is 6.26. The third kappa shape index (κ3) is 3.58. The molecule has 0 amide bonds. The van der Waals surface area contributed by atoms with Gasteiger partial charge in [-0.3, -0.25) is 4.98 Å². The van der Waals surface area contributed by atoms with E-state index in [0.717, 1.165) is 17.8 Å². The highest BCUT2D eigenvalue weighted by molar-refractivity contribution is 6.33. The molecule has 1 N–H and O–H groups in total. The van der Waals surface area contributed by atoms with Gasteiger partial charge in [-0.05, 0) is 25.5 Å². The van der Waals surface area contributed by atoms with Crippen LogP contribution in [0, 0.1) is 6.92 Å². The van der Waals surface area contributed by atoms with Crippen molar-refractivity contribution in [2.75, 3.05) is 11.9 Å². The van der Waals surface area contributed by atoms with E-state index in [1.165, 1.54) is 0 Å². The molecule has 0 fully saturated rings. The smallest absolute Gasteiger partial charge is 0.148 e. The van der Waals surface area contributed by atoms with Gasteiger partial charge >= 0.3 is 0 Å². The molecule has 20 heavy (non-hydrogen) atoms. The lowest BCUT2D eigenvalue weighted by atomic mass is 10.2. The summed E-state index contributed by atoms with van der Waals surface area (Å²) in [7, 11) is 0. The number of aryl methyl sites for hydroxylation is 2. The number of anilines is 1. The van der Waals surface area contributed by atoms with Crippen LogP contribution in [-0.4, -0.2) is 21.5 Å². The fraction of sp³-hybridized carbons (Fsp3) is 0.357. The molecule has 4 nitrogen and oxygen atoms in total. The maximum absolute atomic E-state index is 6.26. The largest absolute Gasteiger partial charge is 0.368 e. The molecule has 0 radical (unpaired) electrons. The first-order valence-corrected chi connectivity index (χ1v) is 7.23. The number of pyridine rings is 1. The summed E-state index contributed by atoms with van der Waals surface area (Å²) >= 11 is 12.3. The molecule has 6 heteroatoms. The van der Waals surface area contributed by atoms with Gasteiger partial charge in [0.15, 0.2) is 0 Å². The summed E-state index contributed by atoms with van der Waals surface area (Å²) < 4.78 is 0. The number of aromatic nitrogens is 3. The summed E-state index contributed by atoms with van der Waals surface area (Å²) in [6.07, 6.45) is 3.22. The molecule has 0 aromatic carbocycles. The van der Waals surface area contributed by atoms with Gasteiger partial charge in [-0.2, -0.15) is 0 Å². The van der Waals surface area contributed by atoms with Gasteiger partial charge < -0.3 is 5.32 Å².